The van der Waals surface area contributed by atoms with E-state index in [1.807, 2.05) is 38.1 Å². The van der Waals surface area contributed by atoms with Crippen molar-refractivity contribution < 1.29 is 19.0 Å². The maximum absolute atomic E-state index is 11.8. The molecule has 110 valence electrons. The standard InChI is InChI=1S/C15H19ClO4/c1-15(2)19-9-11(14(17)18-3)13(20-15)8-10-6-4-5-7-12(10)16/h4-7,11,13H,8-9H2,1-3H3. The van der Waals surface area contributed by atoms with E-state index in [0.29, 0.717) is 11.4 Å². The number of ether oxygens (including phenoxy) is 3. The van der Waals surface area contributed by atoms with E-state index in [9.17, 15) is 4.79 Å². The van der Waals surface area contributed by atoms with Crippen LogP contribution in [-0.4, -0.2) is 31.6 Å². The van der Waals surface area contributed by atoms with Gasteiger partial charge in [0.2, 0.25) is 0 Å². The van der Waals surface area contributed by atoms with Crippen molar-refractivity contribution in [3.8, 4) is 0 Å². The molecule has 2 rings (SSSR count). The Hall–Kier alpha value is -1.10. The van der Waals surface area contributed by atoms with Crippen molar-refractivity contribution in [3.05, 3.63) is 34.9 Å². The molecule has 1 saturated heterocycles. The second-order valence-electron chi connectivity index (χ2n) is 5.29. The van der Waals surface area contributed by atoms with Gasteiger partial charge in [-0.25, -0.2) is 0 Å². The number of hydrogen-bond donors (Lipinski definition) is 0. The third-order valence-corrected chi connectivity index (χ3v) is 3.75. The highest BCUT2D eigenvalue weighted by atomic mass is 35.5. The first kappa shape index (κ1) is 15.3. The van der Waals surface area contributed by atoms with Crippen LogP contribution in [0.3, 0.4) is 0 Å². The fraction of sp³-hybridized carbons (Fsp3) is 0.533. The predicted molar refractivity (Wildman–Crippen MR) is 75.6 cm³/mol. The third-order valence-electron chi connectivity index (χ3n) is 3.38. The molecule has 0 saturated carbocycles. The highest BCUT2D eigenvalue weighted by Gasteiger charge is 2.41. The van der Waals surface area contributed by atoms with Crippen LogP contribution in [0.5, 0.6) is 0 Å². The number of rotatable bonds is 3. The lowest BCUT2D eigenvalue weighted by Crippen LogP contribution is -2.49. The van der Waals surface area contributed by atoms with Gasteiger partial charge in [0.25, 0.3) is 0 Å². The highest BCUT2D eigenvalue weighted by Crippen LogP contribution is 2.30. The largest absolute Gasteiger partial charge is 0.469 e. The van der Waals surface area contributed by atoms with Gasteiger partial charge in [-0.15, -0.1) is 0 Å². The lowest BCUT2D eigenvalue weighted by atomic mass is 9.95. The smallest absolute Gasteiger partial charge is 0.313 e. The summed E-state index contributed by atoms with van der Waals surface area (Å²) in [6.45, 7) is 3.95. The van der Waals surface area contributed by atoms with Gasteiger partial charge in [-0.1, -0.05) is 29.8 Å². The quantitative estimate of drug-likeness (QED) is 0.805. The molecule has 0 aromatic heterocycles. The number of carbonyl (C=O) groups excluding carboxylic acids is 1. The number of carbonyl (C=O) groups is 1. The van der Waals surface area contributed by atoms with E-state index in [1.165, 1.54) is 7.11 Å². The van der Waals surface area contributed by atoms with Gasteiger partial charge in [-0.3, -0.25) is 4.79 Å². The van der Waals surface area contributed by atoms with Crippen LogP contribution in [0.1, 0.15) is 19.4 Å². The summed E-state index contributed by atoms with van der Waals surface area (Å²) in [5.74, 6) is -1.47. The second-order valence-corrected chi connectivity index (χ2v) is 5.70. The van der Waals surface area contributed by atoms with Gasteiger partial charge < -0.3 is 14.2 Å². The number of hydrogen-bond acceptors (Lipinski definition) is 4. The Labute approximate surface area is 124 Å². The van der Waals surface area contributed by atoms with Crippen molar-refractivity contribution in [3.63, 3.8) is 0 Å². The van der Waals surface area contributed by atoms with Crippen LogP contribution in [0.2, 0.25) is 5.02 Å². The normalized spacial score (nSPS) is 25.2. The first-order valence-electron chi connectivity index (χ1n) is 6.56. The molecule has 2 atom stereocenters. The molecule has 0 amide bonds. The van der Waals surface area contributed by atoms with Gasteiger partial charge >= 0.3 is 5.97 Å². The van der Waals surface area contributed by atoms with Gasteiger partial charge in [-0.05, 0) is 25.5 Å². The summed E-state index contributed by atoms with van der Waals surface area (Å²) >= 11 is 6.17. The maximum atomic E-state index is 11.8. The number of methoxy groups -OCH3 is 1. The van der Waals surface area contributed by atoms with Gasteiger partial charge in [0.05, 0.1) is 19.8 Å². The Bertz CT molecular complexity index is 487. The monoisotopic (exact) mass is 298 g/mol. The number of esters is 1. The molecular formula is C15H19ClO4. The molecule has 1 aliphatic heterocycles. The Morgan fingerprint density at radius 2 is 2.15 bits per heavy atom. The molecule has 4 nitrogen and oxygen atoms in total. The van der Waals surface area contributed by atoms with Gasteiger partial charge in [0.1, 0.15) is 5.92 Å². The van der Waals surface area contributed by atoms with E-state index in [0.717, 1.165) is 5.56 Å². The Balaban J connectivity index is 2.19. The molecule has 5 heteroatoms. The van der Waals surface area contributed by atoms with Crippen molar-refractivity contribution in [2.45, 2.75) is 32.2 Å². The summed E-state index contributed by atoms with van der Waals surface area (Å²) in [7, 11) is 1.37. The van der Waals surface area contributed by atoms with Crippen molar-refractivity contribution >= 4 is 17.6 Å². The zero-order valence-electron chi connectivity index (χ0n) is 11.9. The summed E-state index contributed by atoms with van der Waals surface area (Å²) in [4.78, 5) is 11.8. The molecule has 1 fully saturated rings. The van der Waals surface area contributed by atoms with Crippen LogP contribution >= 0.6 is 11.6 Å². The van der Waals surface area contributed by atoms with Gasteiger partial charge in [-0.2, -0.15) is 0 Å². The zero-order chi connectivity index (χ0) is 14.8. The molecule has 0 spiro atoms. The summed E-state index contributed by atoms with van der Waals surface area (Å²) in [6.07, 6.45) is 0.234. The molecule has 1 heterocycles. The molecule has 0 N–H and O–H groups in total. The third kappa shape index (κ3) is 3.51. The predicted octanol–water partition coefficient (Wildman–Crippen LogP) is 2.82. The van der Waals surface area contributed by atoms with E-state index in [-0.39, 0.29) is 18.7 Å². The Kier molecular flexibility index (Phi) is 4.68. The van der Waals surface area contributed by atoms with Crippen LogP contribution in [0.15, 0.2) is 24.3 Å². The van der Waals surface area contributed by atoms with Crippen LogP contribution in [0.25, 0.3) is 0 Å². The minimum Gasteiger partial charge on any atom is -0.469 e. The molecule has 1 aliphatic rings. The highest BCUT2D eigenvalue weighted by molar-refractivity contribution is 6.31. The first-order valence-corrected chi connectivity index (χ1v) is 6.94. The lowest BCUT2D eigenvalue weighted by molar-refractivity contribution is -0.290. The molecule has 1 aromatic carbocycles. The summed E-state index contributed by atoms with van der Waals surface area (Å²) < 4.78 is 16.3. The molecule has 20 heavy (non-hydrogen) atoms. The number of benzene rings is 1. The van der Waals surface area contributed by atoms with Crippen LogP contribution in [-0.2, 0) is 25.4 Å². The fourth-order valence-electron chi connectivity index (χ4n) is 2.31. The van der Waals surface area contributed by atoms with Crippen molar-refractivity contribution in [1.29, 1.82) is 0 Å². The molecule has 0 bridgehead atoms. The zero-order valence-corrected chi connectivity index (χ0v) is 12.6. The van der Waals surface area contributed by atoms with E-state index >= 15 is 0 Å². The molecule has 1 aromatic rings. The van der Waals surface area contributed by atoms with Crippen molar-refractivity contribution in [2.75, 3.05) is 13.7 Å². The maximum Gasteiger partial charge on any atom is 0.313 e. The fourth-order valence-corrected chi connectivity index (χ4v) is 2.53. The summed E-state index contributed by atoms with van der Waals surface area (Å²) in [6, 6.07) is 7.55. The Morgan fingerprint density at radius 1 is 1.45 bits per heavy atom. The summed E-state index contributed by atoms with van der Waals surface area (Å²) in [5.41, 5.74) is 0.950. The minimum absolute atomic E-state index is 0.287. The second kappa shape index (κ2) is 6.12. The lowest BCUT2D eigenvalue weighted by Gasteiger charge is -2.40. The molecule has 0 aliphatic carbocycles. The van der Waals surface area contributed by atoms with Crippen LogP contribution in [0.4, 0.5) is 0 Å². The minimum atomic E-state index is -0.712. The van der Waals surface area contributed by atoms with Crippen LogP contribution < -0.4 is 0 Å². The molecule has 0 radical (unpaired) electrons. The van der Waals surface area contributed by atoms with Gasteiger partial charge in [0.15, 0.2) is 5.79 Å². The molecular weight excluding hydrogens is 280 g/mol. The molecule has 2 unspecified atom stereocenters. The SMILES string of the molecule is COC(=O)C1COC(C)(C)OC1Cc1ccccc1Cl. The van der Waals surface area contributed by atoms with E-state index < -0.39 is 11.7 Å². The average Bonchev–Trinajstić information content (AvgIpc) is 2.40. The van der Waals surface area contributed by atoms with Gasteiger partial charge in [0, 0.05) is 11.4 Å². The van der Waals surface area contributed by atoms with E-state index in [4.69, 9.17) is 25.8 Å². The topological polar surface area (TPSA) is 44.8 Å². The summed E-state index contributed by atoms with van der Waals surface area (Å²) in [5, 5.41) is 0.670. The Morgan fingerprint density at radius 3 is 2.80 bits per heavy atom. The van der Waals surface area contributed by atoms with E-state index in [2.05, 4.69) is 0 Å². The van der Waals surface area contributed by atoms with Crippen LogP contribution in [0, 0.1) is 5.92 Å². The van der Waals surface area contributed by atoms with Crippen molar-refractivity contribution in [1.82, 2.24) is 0 Å². The average molecular weight is 299 g/mol. The number of halogens is 1. The van der Waals surface area contributed by atoms with Crippen molar-refractivity contribution in [2.24, 2.45) is 5.92 Å². The first-order chi connectivity index (χ1) is 9.43. The van der Waals surface area contributed by atoms with E-state index in [1.54, 1.807) is 0 Å².